The number of amides is 2. The molecule has 2 atom stereocenters. The SMILES string of the molecule is CC(C)(C)OC(=O)N1CCCC1C(=O)N1CCCC1C(=O)c1ccccc1. The first kappa shape index (κ1) is 19.4. The standard InChI is InChI=1S/C21H28N2O4/c1-21(2,3)27-20(26)23-14-8-12-17(23)19(25)22-13-7-11-16(22)18(24)15-9-5-4-6-10-15/h4-6,9-10,16-17H,7-8,11-14H2,1-3H3. The Hall–Kier alpha value is -2.37. The number of hydrogen-bond acceptors (Lipinski definition) is 4. The third kappa shape index (κ3) is 4.31. The van der Waals surface area contributed by atoms with E-state index in [1.165, 1.54) is 4.90 Å². The highest BCUT2D eigenvalue weighted by Gasteiger charge is 2.43. The van der Waals surface area contributed by atoms with Crippen LogP contribution in [0, 0.1) is 0 Å². The summed E-state index contributed by atoms with van der Waals surface area (Å²) in [5, 5.41) is 0. The summed E-state index contributed by atoms with van der Waals surface area (Å²) in [6, 6.07) is 8.11. The van der Waals surface area contributed by atoms with Gasteiger partial charge >= 0.3 is 6.09 Å². The normalized spacial score (nSPS) is 22.8. The fourth-order valence-corrected chi connectivity index (χ4v) is 3.85. The first-order valence-electron chi connectivity index (χ1n) is 9.67. The second kappa shape index (κ2) is 7.71. The number of rotatable bonds is 3. The molecule has 2 heterocycles. The fraction of sp³-hybridized carbons (Fsp3) is 0.571. The Morgan fingerprint density at radius 3 is 2.15 bits per heavy atom. The minimum Gasteiger partial charge on any atom is -0.444 e. The molecule has 0 aliphatic carbocycles. The topological polar surface area (TPSA) is 66.9 Å². The molecule has 146 valence electrons. The van der Waals surface area contributed by atoms with Crippen LogP contribution < -0.4 is 0 Å². The third-order valence-corrected chi connectivity index (χ3v) is 5.06. The van der Waals surface area contributed by atoms with Gasteiger partial charge in [0.15, 0.2) is 5.78 Å². The molecule has 2 unspecified atom stereocenters. The van der Waals surface area contributed by atoms with E-state index in [4.69, 9.17) is 4.74 Å². The largest absolute Gasteiger partial charge is 0.444 e. The van der Waals surface area contributed by atoms with E-state index in [2.05, 4.69) is 0 Å². The van der Waals surface area contributed by atoms with Crippen LogP contribution in [-0.4, -0.2) is 58.4 Å². The summed E-state index contributed by atoms with van der Waals surface area (Å²) in [5.74, 6) is -0.159. The third-order valence-electron chi connectivity index (χ3n) is 5.06. The molecule has 0 spiro atoms. The van der Waals surface area contributed by atoms with Gasteiger partial charge in [-0.2, -0.15) is 0 Å². The van der Waals surface area contributed by atoms with Crippen molar-refractivity contribution in [2.24, 2.45) is 0 Å². The van der Waals surface area contributed by atoms with Crippen LogP contribution in [0.15, 0.2) is 30.3 Å². The Balaban J connectivity index is 1.73. The lowest BCUT2D eigenvalue weighted by molar-refractivity contribution is -0.136. The van der Waals surface area contributed by atoms with Crippen LogP contribution in [0.5, 0.6) is 0 Å². The highest BCUT2D eigenvalue weighted by atomic mass is 16.6. The second-order valence-electron chi connectivity index (χ2n) is 8.25. The van der Waals surface area contributed by atoms with Gasteiger partial charge in [0.25, 0.3) is 0 Å². The minimum absolute atomic E-state index is 0.0248. The van der Waals surface area contributed by atoms with Crippen LogP contribution in [-0.2, 0) is 9.53 Å². The lowest BCUT2D eigenvalue weighted by Gasteiger charge is -2.32. The quantitative estimate of drug-likeness (QED) is 0.764. The number of benzene rings is 1. The lowest BCUT2D eigenvalue weighted by atomic mass is 10.0. The van der Waals surface area contributed by atoms with Crippen molar-refractivity contribution in [1.29, 1.82) is 0 Å². The molecule has 0 saturated carbocycles. The Labute approximate surface area is 160 Å². The van der Waals surface area contributed by atoms with Crippen LogP contribution in [0.2, 0.25) is 0 Å². The van der Waals surface area contributed by atoms with Gasteiger partial charge in [-0.3, -0.25) is 14.5 Å². The first-order valence-corrected chi connectivity index (χ1v) is 9.67. The molecular formula is C21H28N2O4. The van der Waals surface area contributed by atoms with E-state index >= 15 is 0 Å². The highest BCUT2D eigenvalue weighted by molar-refractivity contribution is 6.02. The van der Waals surface area contributed by atoms with Gasteiger partial charge in [0.2, 0.25) is 5.91 Å². The molecule has 2 aliphatic heterocycles. The molecule has 1 aromatic rings. The van der Waals surface area contributed by atoms with E-state index in [9.17, 15) is 14.4 Å². The zero-order valence-electron chi connectivity index (χ0n) is 16.3. The number of ketones is 1. The number of carbonyl (C=O) groups is 3. The smallest absolute Gasteiger partial charge is 0.410 e. The summed E-state index contributed by atoms with van der Waals surface area (Å²) < 4.78 is 5.46. The molecule has 0 bridgehead atoms. The van der Waals surface area contributed by atoms with Gasteiger partial charge in [-0.15, -0.1) is 0 Å². The molecule has 27 heavy (non-hydrogen) atoms. The number of ether oxygens (including phenoxy) is 1. The Kier molecular flexibility index (Phi) is 5.53. The van der Waals surface area contributed by atoms with Gasteiger partial charge in [0.05, 0.1) is 6.04 Å². The predicted octanol–water partition coefficient (Wildman–Crippen LogP) is 3.26. The van der Waals surface area contributed by atoms with Crippen molar-refractivity contribution in [3.05, 3.63) is 35.9 Å². The van der Waals surface area contributed by atoms with Crippen molar-refractivity contribution in [2.75, 3.05) is 13.1 Å². The van der Waals surface area contributed by atoms with Crippen molar-refractivity contribution < 1.29 is 19.1 Å². The van der Waals surface area contributed by atoms with E-state index in [-0.39, 0.29) is 11.7 Å². The van der Waals surface area contributed by atoms with E-state index in [0.29, 0.717) is 31.5 Å². The van der Waals surface area contributed by atoms with Crippen LogP contribution >= 0.6 is 0 Å². The molecular weight excluding hydrogens is 344 g/mol. The van der Waals surface area contributed by atoms with Crippen molar-refractivity contribution in [3.63, 3.8) is 0 Å². The molecule has 0 aromatic heterocycles. The van der Waals surface area contributed by atoms with Gasteiger partial charge in [-0.1, -0.05) is 30.3 Å². The summed E-state index contributed by atoms with van der Waals surface area (Å²) in [7, 11) is 0. The maximum absolute atomic E-state index is 13.2. The highest BCUT2D eigenvalue weighted by Crippen LogP contribution is 2.27. The summed E-state index contributed by atoms with van der Waals surface area (Å²) in [4.78, 5) is 41.8. The lowest BCUT2D eigenvalue weighted by Crippen LogP contribution is -2.51. The van der Waals surface area contributed by atoms with E-state index < -0.39 is 23.8 Å². The number of Topliss-reactive ketones (excluding diaryl/α,β-unsaturated/α-hetero) is 1. The molecule has 2 saturated heterocycles. The molecule has 6 heteroatoms. The molecule has 2 amide bonds. The van der Waals surface area contributed by atoms with Gasteiger partial charge in [0.1, 0.15) is 11.6 Å². The monoisotopic (exact) mass is 372 g/mol. The molecule has 2 fully saturated rings. The molecule has 0 radical (unpaired) electrons. The summed E-state index contributed by atoms with van der Waals surface area (Å²) >= 11 is 0. The zero-order valence-corrected chi connectivity index (χ0v) is 16.3. The molecule has 1 aromatic carbocycles. The predicted molar refractivity (Wildman–Crippen MR) is 101 cm³/mol. The number of nitrogens with zero attached hydrogens (tertiary/aromatic N) is 2. The zero-order chi connectivity index (χ0) is 19.6. The van der Waals surface area contributed by atoms with Crippen molar-refractivity contribution in [3.8, 4) is 0 Å². The van der Waals surface area contributed by atoms with Crippen LogP contribution in [0.4, 0.5) is 4.79 Å². The summed E-state index contributed by atoms with van der Waals surface area (Å²) in [6.07, 6.45) is 2.39. The van der Waals surface area contributed by atoms with Gasteiger partial charge in [0, 0.05) is 18.7 Å². The average Bonchev–Trinajstić information content (AvgIpc) is 3.29. The van der Waals surface area contributed by atoms with E-state index in [0.717, 1.165) is 12.8 Å². The van der Waals surface area contributed by atoms with Gasteiger partial charge in [-0.25, -0.2) is 4.79 Å². The minimum atomic E-state index is -0.604. The maximum atomic E-state index is 13.2. The molecule has 6 nitrogen and oxygen atoms in total. The van der Waals surface area contributed by atoms with Crippen molar-refractivity contribution in [1.82, 2.24) is 9.80 Å². The van der Waals surface area contributed by atoms with Gasteiger partial charge < -0.3 is 9.64 Å². The second-order valence-corrected chi connectivity index (χ2v) is 8.25. The molecule has 3 rings (SSSR count). The maximum Gasteiger partial charge on any atom is 0.410 e. The van der Waals surface area contributed by atoms with E-state index in [1.807, 2.05) is 39.0 Å². The number of likely N-dealkylation sites (tertiary alicyclic amines) is 2. The summed E-state index contributed by atoms with van der Waals surface area (Å²) in [6.45, 7) is 6.50. The van der Waals surface area contributed by atoms with Crippen molar-refractivity contribution >= 4 is 17.8 Å². The van der Waals surface area contributed by atoms with Crippen LogP contribution in [0.3, 0.4) is 0 Å². The van der Waals surface area contributed by atoms with Gasteiger partial charge in [-0.05, 0) is 46.5 Å². The van der Waals surface area contributed by atoms with Crippen LogP contribution in [0.25, 0.3) is 0 Å². The average molecular weight is 372 g/mol. The Morgan fingerprint density at radius 2 is 1.52 bits per heavy atom. The number of carbonyl (C=O) groups excluding carboxylic acids is 3. The molecule has 2 aliphatic rings. The van der Waals surface area contributed by atoms with Crippen LogP contribution in [0.1, 0.15) is 56.8 Å². The fourth-order valence-electron chi connectivity index (χ4n) is 3.85. The van der Waals surface area contributed by atoms with Crippen molar-refractivity contribution in [2.45, 2.75) is 64.1 Å². The van der Waals surface area contributed by atoms with E-state index in [1.54, 1.807) is 17.0 Å². The Morgan fingerprint density at radius 1 is 0.926 bits per heavy atom. The first-order chi connectivity index (χ1) is 12.8. The Bertz CT molecular complexity index is 711. The number of hydrogen-bond donors (Lipinski definition) is 0. The molecule has 0 N–H and O–H groups in total. The summed E-state index contributed by atoms with van der Waals surface area (Å²) in [5.41, 5.74) is 0.0184.